The van der Waals surface area contributed by atoms with Crippen molar-refractivity contribution in [3.8, 4) is 0 Å². The highest BCUT2D eigenvalue weighted by molar-refractivity contribution is 5.93. The van der Waals surface area contributed by atoms with Gasteiger partial charge in [0.2, 0.25) is 0 Å². The number of aliphatic carboxylic acids is 1. The Morgan fingerprint density at radius 2 is 2.00 bits per heavy atom. The molecule has 0 spiro atoms. The summed E-state index contributed by atoms with van der Waals surface area (Å²) in [5, 5.41) is 11.1. The molecule has 0 aliphatic carbocycles. The van der Waals surface area contributed by atoms with E-state index >= 15 is 0 Å². The molecule has 1 aromatic rings. The van der Waals surface area contributed by atoms with Crippen LogP contribution in [0.15, 0.2) is 12.1 Å². The Balaban J connectivity index is 2.21. The van der Waals surface area contributed by atoms with Crippen molar-refractivity contribution in [2.75, 3.05) is 11.9 Å². The number of benzene rings is 1. The van der Waals surface area contributed by atoms with Crippen LogP contribution in [0.3, 0.4) is 0 Å². The molecule has 114 valence electrons. The fourth-order valence-electron chi connectivity index (χ4n) is 2.39. The molecule has 1 heterocycles. The fraction of sp³-hybridized carbons (Fsp3) is 0.385. The van der Waals surface area contributed by atoms with Gasteiger partial charge in [-0.15, -0.1) is 0 Å². The molecule has 1 aromatic carbocycles. The van der Waals surface area contributed by atoms with Crippen LogP contribution >= 0.6 is 0 Å². The number of amides is 2. The molecular formula is C13H13F3N2O3. The molecule has 21 heavy (non-hydrogen) atoms. The first kappa shape index (κ1) is 15.1. The van der Waals surface area contributed by atoms with Gasteiger partial charge in [-0.05, 0) is 12.3 Å². The monoisotopic (exact) mass is 302 g/mol. The molecule has 0 aromatic heterocycles. The van der Waals surface area contributed by atoms with E-state index < -0.39 is 41.2 Å². The summed E-state index contributed by atoms with van der Waals surface area (Å²) < 4.78 is 39.6. The van der Waals surface area contributed by atoms with Crippen LogP contribution in [0.5, 0.6) is 0 Å². The number of carboxylic acids is 1. The van der Waals surface area contributed by atoms with Gasteiger partial charge in [0.1, 0.15) is 11.9 Å². The van der Waals surface area contributed by atoms with E-state index in [1.165, 1.54) is 0 Å². The van der Waals surface area contributed by atoms with Gasteiger partial charge in [-0.2, -0.15) is 0 Å². The van der Waals surface area contributed by atoms with Gasteiger partial charge in [-0.1, -0.05) is 6.92 Å². The number of nitrogens with zero attached hydrogens (tertiary/aromatic N) is 1. The van der Waals surface area contributed by atoms with Crippen molar-refractivity contribution in [3.63, 3.8) is 0 Å². The summed E-state index contributed by atoms with van der Waals surface area (Å²) in [6.07, 6.45) is 0.477. The number of hydrogen-bond donors (Lipinski definition) is 2. The van der Waals surface area contributed by atoms with E-state index in [1.807, 2.05) is 5.32 Å². The molecule has 2 unspecified atom stereocenters. The van der Waals surface area contributed by atoms with E-state index in [2.05, 4.69) is 0 Å². The Morgan fingerprint density at radius 1 is 1.33 bits per heavy atom. The van der Waals surface area contributed by atoms with Crippen molar-refractivity contribution < 1.29 is 27.9 Å². The molecule has 1 saturated heterocycles. The first-order valence-electron chi connectivity index (χ1n) is 6.26. The van der Waals surface area contributed by atoms with Gasteiger partial charge in [0, 0.05) is 18.7 Å². The zero-order valence-corrected chi connectivity index (χ0v) is 11.1. The predicted molar refractivity (Wildman–Crippen MR) is 67.2 cm³/mol. The molecule has 1 aliphatic rings. The van der Waals surface area contributed by atoms with Gasteiger partial charge in [0.05, 0.1) is 5.69 Å². The SMILES string of the molecule is CC1CCN(C(=O)Nc2cc(F)cc(F)c2F)C1C(=O)O. The summed E-state index contributed by atoms with van der Waals surface area (Å²) in [5.41, 5.74) is -0.666. The van der Waals surface area contributed by atoms with Crippen LogP contribution in [-0.2, 0) is 4.79 Å². The number of likely N-dealkylation sites (tertiary alicyclic amines) is 1. The van der Waals surface area contributed by atoms with Crippen molar-refractivity contribution in [1.29, 1.82) is 0 Å². The van der Waals surface area contributed by atoms with E-state index in [9.17, 15) is 22.8 Å². The average molecular weight is 302 g/mol. The van der Waals surface area contributed by atoms with Crippen LogP contribution in [0.25, 0.3) is 0 Å². The first-order valence-corrected chi connectivity index (χ1v) is 6.26. The minimum Gasteiger partial charge on any atom is -0.480 e. The highest BCUT2D eigenvalue weighted by Gasteiger charge is 2.39. The van der Waals surface area contributed by atoms with E-state index in [1.54, 1.807) is 6.92 Å². The fourth-order valence-corrected chi connectivity index (χ4v) is 2.39. The Bertz CT molecular complexity index is 594. The van der Waals surface area contributed by atoms with E-state index in [-0.39, 0.29) is 12.5 Å². The molecule has 2 atom stereocenters. The number of hydrogen-bond acceptors (Lipinski definition) is 2. The molecule has 2 amide bonds. The van der Waals surface area contributed by atoms with Crippen molar-refractivity contribution in [2.45, 2.75) is 19.4 Å². The Kier molecular flexibility index (Phi) is 4.06. The van der Waals surface area contributed by atoms with Gasteiger partial charge >= 0.3 is 12.0 Å². The van der Waals surface area contributed by atoms with E-state index in [0.29, 0.717) is 18.6 Å². The average Bonchev–Trinajstić information content (AvgIpc) is 2.77. The first-order chi connectivity index (χ1) is 9.81. The second kappa shape index (κ2) is 5.63. The number of anilines is 1. The van der Waals surface area contributed by atoms with Crippen LogP contribution in [0.2, 0.25) is 0 Å². The van der Waals surface area contributed by atoms with Gasteiger partial charge in [0.25, 0.3) is 0 Å². The van der Waals surface area contributed by atoms with Gasteiger partial charge in [-0.25, -0.2) is 22.8 Å². The Morgan fingerprint density at radius 3 is 2.62 bits per heavy atom. The maximum atomic E-state index is 13.5. The maximum Gasteiger partial charge on any atom is 0.326 e. The maximum absolute atomic E-state index is 13.5. The number of carboxylic acid groups (broad SMARTS) is 1. The van der Waals surface area contributed by atoms with Crippen molar-refractivity contribution in [3.05, 3.63) is 29.6 Å². The third-order valence-corrected chi connectivity index (χ3v) is 3.45. The van der Waals surface area contributed by atoms with Crippen LogP contribution in [0.1, 0.15) is 13.3 Å². The molecule has 1 aliphatic heterocycles. The summed E-state index contributed by atoms with van der Waals surface area (Å²) in [5.74, 6) is -5.32. The van der Waals surface area contributed by atoms with Crippen LogP contribution < -0.4 is 5.32 Å². The lowest BCUT2D eigenvalue weighted by atomic mass is 10.0. The second-order valence-corrected chi connectivity index (χ2v) is 4.92. The third kappa shape index (κ3) is 2.93. The summed E-state index contributed by atoms with van der Waals surface area (Å²) >= 11 is 0. The highest BCUT2D eigenvalue weighted by Crippen LogP contribution is 2.26. The number of halogens is 3. The third-order valence-electron chi connectivity index (χ3n) is 3.45. The molecule has 1 fully saturated rings. The number of urea groups is 1. The smallest absolute Gasteiger partial charge is 0.326 e. The standard InChI is InChI=1S/C13H13F3N2O3/c1-6-2-3-18(11(6)12(19)20)13(21)17-9-5-7(14)4-8(15)10(9)16/h4-6,11H,2-3H2,1H3,(H,17,21)(H,19,20). The largest absolute Gasteiger partial charge is 0.480 e. The number of rotatable bonds is 2. The summed E-state index contributed by atoms with van der Waals surface area (Å²) in [7, 11) is 0. The summed E-state index contributed by atoms with van der Waals surface area (Å²) in [6.45, 7) is 1.85. The lowest BCUT2D eigenvalue weighted by Gasteiger charge is -2.23. The van der Waals surface area contributed by atoms with Crippen molar-refractivity contribution in [2.24, 2.45) is 5.92 Å². The highest BCUT2D eigenvalue weighted by atomic mass is 19.2. The molecular weight excluding hydrogens is 289 g/mol. The lowest BCUT2D eigenvalue weighted by molar-refractivity contribution is -0.142. The number of carbonyl (C=O) groups is 2. The molecule has 2 rings (SSSR count). The van der Waals surface area contributed by atoms with Crippen LogP contribution in [0.4, 0.5) is 23.7 Å². The molecule has 8 heteroatoms. The van der Waals surface area contributed by atoms with E-state index in [4.69, 9.17) is 5.11 Å². The normalized spacial score (nSPS) is 21.4. The number of nitrogens with one attached hydrogen (secondary N) is 1. The summed E-state index contributed by atoms with van der Waals surface area (Å²) in [6, 6.07) is -0.976. The van der Waals surface area contributed by atoms with Gasteiger partial charge < -0.3 is 15.3 Å². The topological polar surface area (TPSA) is 69.6 Å². The zero-order valence-electron chi connectivity index (χ0n) is 11.1. The predicted octanol–water partition coefficient (Wildman–Crippen LogP) is 2.43. The van der Waals surface area contributed by atoms with Crippen molar-refractivity contribution in [1.82, 2.24) is 4.90 Å². The minimum atomic E-state index is -1.44. The summed E-state index contributed by atoms with van der Waals surface area (Å²) in [4.78, 5) is 24.1. The van der Waals surface area contributed by atoms with Gasteiger partial charge in [0.15, 0.2) is 11.6 Å². The minimum absolute atomic E-state index is 0.170. The van der Waals surface area contributed by atoms with E-state index in [0.717, 1.165) is 4.90 Å². The zero-order chi connectivity index (χ0) is 15.7. The second-order valence-electron chi connectivity index (χ2n) is 4.92. The molecule has 0 bridgehead atoms. The number of carbonyl (C=O) groups excluding carboxylic acids is 1. The van der Waals surface area contributed by atoms with Gasteiger partial charge in [-0.3, -0.25) is 0 Å². The molecule has 5 nitrogen and oxygen atoms in total. The molecule has 2 N–H and O–H groups in total. The lowest BCUT2D eigenvalue weighted by Crippen LogP contribution is -2.44. The van der Waals surface area contributed by atoms with Crippen LogP contribution in [-0.4, -0.2) is 34.6 Å². The molecule has 0 radical (unpaired) electrons. The quantitative estimate of drug-likeness (QED) is 0.824. The Labute approximate surface area is 118 Å². The van der Waals surface area contributed by atoms with Crippen LogP contribution in [0, 0.1) is 23.4 Å². The van der Waals surface area contributed by atoms with Crippen molar-refractivity contribution >= 4 is 17.7 Å². The Hall–Kier alpha value is -2.25. The molecule has 0 saturated carbocycles.